The summed E-state index contributed by atoms with van der Waals surface area (Å²) in [6.07, 6.45) is 0. The summed E-state index contributed by atoms with van der Waals surface area (Å²) >= 11 is 1.88. The van der Waals surface area contributed by atoms with Crippen LogP contribution in [0.25, 0.3) is 10.1 Å². The third-order valence-electron chi connectivity index (χ3n) is 3.26. The minimum absolute atomic E-state index is 0.164. The van der Waals surface area contributed by atoms with Gasteiger partial charge in [0.2, 0.25) is 0 Å². The highest BCUT2D eigenvalue weighted by Gasteiger charge is 2.23. The quantitative estimate of drug-likeness (QED) is 0.898. The van der Waals surface area contributed by atoms with Crippen molar-refractivity contribution in [2.24, 2.45) is 0 Å². The van der Waals surface area contributed by atoms with Gasteiger partial charge >= 0.3 is 0 Å². The summed E-state index contributed by atoms with van der Waals surface area (Å²) in [5.41, 5.74) is 1.63. The summed E-state index contributed by atoms with van der Waals surface area (Å²) < 4.78 is 6.65. The number of methoxy groups -OCH3 is 1. The van der Waals surface area contributed by atoms with Gasteiger partial charge in [-0.05, 0) is 41.1 Å². The van der Waals surface area contributed by atoms with Crippen LogP contribution in [0.3, 0.4) is 0 Å². The summed E-state index contributed by atoms with van der Waals surface area (Å²) in [5, 5.41) is 4.81. The van der Waals surface area contributed by atoms with E-state index in [0.29, 0.717) is 0 Å². The molecule has 0 saturated carbocycles. The maximum Gasteiger partial charge on any atom is 0.120 e. The standard InChI is InChI=1S/C16H23NOS/c1-6-17-10-14-15(16(2,3)4)12-8-7-11(18-5)9-13(12)19-14/h7-9,17H,6,10H2,1-5H3. The molecule has 1 heterocycles. The molecule has 0 amide bonds. The topological polar surface area (TPSA) is 21.3 Å². The van der Waals surface area contributed by atoms with Crippen LogP contribution in [0.4, 0.5) is 0 Å². The van der Waals surface area contributed by atoms with E-state index in [2.05, 4.69) is 51.2 Å². The zero-order valence-corrected chi connectivity index (χ0v) is 13.3. The van der Waals surface area contributed by atoms with Gasteiger partial charge in [-0.15, -0.1) is 11.3 Å². The van der Waals surface area contributed by atoms with E-state index in [1.165, 1.54) is 20.5 Å². The number of fused-ring (bicyclic) bond motifs is 1. The van der Waals surface area contributed by atoms with E-state index in [0.717, 1.165) is 18.8 Å². The molecule has 0 radical (unpaired) electrons. The maximum atomic E-state index is 5.33. The van der Waals surface area contributed by atoms with Crippen molar-refractivity contribution < 1.29 is 4.74 Å². The van der Waals surface area contributed by atoms with Crippen LogP contribution in [0, 0.1) is 0 Å². The molecule has 2 nitrogen and oxygen atoms in total. The van der Waals surface area contributed by atoms with Gasteiger partial charge in [0, 0.05) is 16.1 Å². The van der Waals surface area contributed by atoms with Crippen LogP contribution < -0.4 is 10.1 Å². The van der Waals surface area contributed by atoms with Gasteiger partial charge in [-0.3, -0.25) is 0 Å². The van der Waals surface area contributed by atoms with Crippen LogP contribution in [0.2, 0.25) is 0 Å². The van der Waals surface area contributed by atoms with Crippen LogP contribution in [-0.4, -0.2) is 13.7 Å². The molecule has 0 spiro atoms. The number of rotatable bonds is 4. The molecule has 0 aliphatic carbocycles. The fraction of sp³-hybridized carbons (Fsp3) is 0.500. The van der Waals surface area contributed by atoms with Crippen LogP contribution in [0.5, 0.6) is 5.75 Å². The van der Waals surface area contributed by atoms with Crippen molar-refractivity contribution in [1.82, 2.24) is 5.32 Å². The lowest BCUT2D eigenvalue weighted by Gasteiger charge is -2.20. The van der Waals surface area contributed by atoms with Crippen molar-refractivity contribution in [3.63, 3.8) is 0 Å². The van der Waals surface area contributed by atoms with E-state index in [1.807, 2.05) is 11.3 Å². The van der Waals surface area contributed by atoms with Crippen LogP contribution in [0.1, 0.15) is 38.1 Å². The van der Waals surface area contributed by atoms with Crippen LogP contribution in [-0.2, 0) is 12.0 Å². The third-order valence-corrected chi connectivity index (χ3v) is 4.41. The molecular formula is C16H23NOS. The molecule has 2 rings (SSSR count). The van der Waals surface area contributed by atoms with E-state index in [-0.39, 0.29) is 5.41 Å². The van der Waals surface area contributed by atoms with Crippen LogP contribution >= 0.6 is 11.3 Å². The molecule has 19 heavy (non-hydrogen) atoms. The van der Waals surface area contributed by atoms with Crippen molar-refractivity contribution in [2.75, 3.05) is 13.7 Å². The number of benzene rings is 1. The molecule has 2 aromatic rings. The van der Waals surface area contributed by atoms with Gasteiger partial charge in [0.05, 0.1) is 7.11 Å². The first-order valence-electron chi connectivity index (χ1n) is 6.78. The smallest absolute Gasteiger partial charge is 0.120 e. The van der Waals surface area contributed by atoms with Gasteiger partial charge in [-0.1, -0.05) is 27.7 Å². The molecule has 0 fully saturated rings. The predicted octanol–water partition coefficient (Wildman–Crippen LogP) is 4.32. The van der Waals surface area contributed by atoms with E-state index in [1.54, 1.807) is 7.11 Å². The molecule has 0 aliphatic heterocycles. The first kappa shape index (κ1) is 14.4. The first-order valence-corrected chi connectivity index (χ1v) is 7.59. The molecule has 1 aromatic carbocycles. The summed E-state index contributed by atoms with van der Waals surface area (Å²) in [4.78, 5) is 1.44. The number of hydrogen-bond acceptors (Lipinski definition) is 3. The lowest BCUT2D eigenvalue weighted by Crippen LogP contribution is -2.17. The largest absolute Gasteiger partial charge is 0.497 e. The number of ether oxygens (including phenoxy) is 1. The minimum atomic E-state index is 0.164. The highest BCUT2D eigenvalue weighted by Crippen LogP contribution is 2.40. The second kappa shape index (κ2) is 5.51. The predicted molar refractivity (Wildman–Crippen MR) is 84.5 cm³/mol. The fourth-order valence-corrected chi connectivity index (χ4v) is 3.85. The molecule has 0 atom stereocenters. The van der Waals surface area contributed by atoms with Gasteiger partial charge in [0.15, 0.2) is 0 Å². The normalized spacial score (nSPS) is 12.1. The fourth-order valence-electron chi connectivity index (χ4n) is 2.44. The van der Waals surface area contributed by atoms with E-state index >= 15 is 0 Å². The second-order valence-corrected chi connectivity index (χ2v) is 6.93. The van der Waals surface area contributed by atoms with E-state index < -0.39 is 0 Å². The summed E-state index contributed by atoms with van der Waals surface area (Å²) in [5.74, 6) is 0.934. The average molecular weight is 277 g/mol. The van der Waals surface area contributed by atoms with Gasteiger partial charge in [0.25, 0.3) is 0 Å². The molecule has 1 N–H and O–H groups in total. The van der Waals surface area contributed by atoms with Gasteiger partial charge in [-0.2, -0.15) is 0 Å². The van der Waals surface area contributed by atoms with E-state index in [4.69, 9.17) is 4.74 Å². The lowest BCUT2D eigenvalue weighted by molar-refractivity contribution is 0.415. The van der Waals surface area contributed by atoms with Crippen molar-refractivity contribution in [1.29, 1.82) is 0 Å². The Morgan fingerprint density at radius 1 is 1.26 bits per heavy atom. The number of nitrogens with one attached hydrogen (secondary N) is 1. The summed E-state index contributed by atoms with van der Waals surface area (Å²) in [7, 11) is 1.72. The van der Waals surface area contributed by atoms with Crippen LogP contribution in [0.15, 0.2) is 18.2 Å². The zero-order chi connectivity index (χ0) is 14.0. The summed E-state index contributed by atoms with van der Waals surface area (Å²) in [6, 6.07) is 6.40. The Kier molecular flexibility index (Phi) is 4.16. The SMILES string of the molecule is CCNCc1sc2cc(OC)ccc2c1C(C)(C)C. The summed E-state index contributed by atoms with van der Waals surface area (Å²) in [6.45, 7) is 11.0. The number of hydrogen-bond donors (Lipinski definition) is 1. The van der Waals surface area contributed by atoms with Crippen molar-refractivity contribution in [2.45, 2.75) is 39.7 Å². The Balaban J connectivity index is 2.59. The Morgan fingerprint density at radius 3 is 2.58 bits per heavy atom. The monoisotopic (exact) mass is 277 g/mol. The van der Waals surface area contributed by atoms with Gasteiger partial charge < -0.3 is 10.1 Å². The molecule has 3 heteroatoms. The Hall–Kier alpha value is -1.06. The molecule has 0 saturated heterocycles. The highest BCUT2D eigenvalue weighted by molar-refractivity contribution is 7.19. The Bertz CT molecular complexity index is 566. The number of thiophene rings is 1. The van der Waals surface area contributed by atoms with Crippen molar-refractivity contribution in [3.05, 3.63) is 28.6 Å². The highest BCUT2D eigenvalue weighted by atomic mass is 32.1. The first-order chi connectivity index (χ1) is 8.97. The second-order valence-electron chi connectivity index (χ2n) is 5.79. The van der Waals surface area contributed by atoms with Gasteiger partial charge in [-0.25, -0.2) is 0 Å². The average Bonchev–Trinajstić information content (AvgIpc) is 2.72. The molecule has 0 aliphatic rings. The Morgan fingerprint density at radius 2 is 2.00 bits per heavy atom. The zero-order valence-electron chi connectivity index (χ0n) is 12.5. The molecule has 0 bridgehead atoms. The van der Waals surface area contributed by atoms with Crippen molar-refractivity contribution >= 4 is 21.4 Å². The maximum absolute atomic E-state index is 5.33. The molecule has 0 unspecified atom stereocenters. The molecular weight excluding hydrogens is 254 g/mol. The Labute approximate surface area is 119 Å². The molecule has 104 valence electrons. The van der Waals surface area contributed by atoms with E-state index in [9.17, 15) is 0 Å². The third kappa shape index (κ3) is 2.93. The van der Waals surface area contributed by atoms with Crippen molar-refractivity contribution in [3.8, 4) is 5.75 Å². The lowest BCUT2D eigenvalue weighted by atomic mass is 9.85. The minimum Gasteiger partial charge on any atom is -0.497 e. The van der Waals surface area contributed by atoms with Gasteiger partial charge in [0.1, 0.15) is 5.75 Å². The molecule has 1 aromatic heterocycles.